The molecule has 0 amide bonds. The number of esters is 1. The molecule has 2 heterocycles. The smallest absolute Gasteiger partial charge is 0.341 e. The topological polar surface area (TPSA) is 88.8 Å². The molecule has 2 aliphatic carbocycles. The minimum absolute atomic E-state index is 0.0316. The average Bonchev–Trinajstić information content (AvgIpc) is 3.55. The Bertz CT molecular complexity index is 1170. The number of carboxylic acids is 1. The molecule has 1 spiro atoms. The molecule has 9 heteroatoms. The fourth-order valence-corrected chi connectivity index (χ4v) is 5.04. The summed E-state index contributed by atoms with van der Waals surface area (Å²) >= 11 is 6.68. The zero-order chi connectivity index (χ0) is 21.4. The molecule has 2 aromatic rings. The lowest BCUT2D eigenvalue weighted by Crippen LogP contribution is -2.27. The molecule has 158 valence electrons. The number of nitrogens with zero attached hydrogens (tertiary/aromatic N) is 2. The number of halogens is 2. The van der Waals surface area contributed by atoms with Gasteiger partial charge in [0.2, 0.25) is 5.43 Å². The van der Waals surface area contributed by atoms with E-state index in [0.29, 0.717) is 18.6 Å². The Kier molecular flexibility index (Phi) is 4.16. The predicted octanol–water partition coefficient (Wildman–Crippen LogP) is 3.36. The minimum atomic E-state index is -1.35. The monoisotopic (exact) mass is 434 g/mol. The molecule has 1 aliphatic heterocycles. The Balaban J connectivity index is 1.67. The van der Waals surface area contributed by atoms with Crippen LogP contribution in [0.1, 0.15) is 49.0 Å². The van der Waals surface area contributed by atoms with Gasteiger partial charge in [-0.25, -0.2) is 9.18 Å². The molecule has 1 unspecified atom stereocenters. The van der Waals surface area contributed by atoms with E-state index in [9.17, 15) is 19.5 Å². The predicted molar refractivity (Wildman–Crippen MR) is 108 cm³/mol. The third-order valence-electron chi connectivity index (χ3n) is 6.45. The van der Waals surface area contributed by atoms with Crippen molar-refractivity contribution in [2.45, 2.75) is 44.8 Å². The highest BCUT2D eigenvalue weighted by molar-refractivity contribution is 6.38. The van der Waals surface area contributed by atoms with Crippen molar-refractivity contribution in [3.63, 3.8) is 0 Å². The number of carboxylic acid groups (broad SMARTS) is 1. The average molecular weight is 435 g/mol. The first-order valence-corrected chi connectivity index (χ1v) is 10.3. The molecule has 1 aromatic carbocycles. The second-order valence-electron chi connectivity index (χ2n) is 8.57. The summed E-state index contributed by atoms with van der Waals surface area (Å²) in [5.41, 5.74) is -0.807. The van der Waals surface area contributed by atoms with Crippen molar-refractivity contribution < 1.29 is 23.8 Å². The highest BCUT2D eigenvalue weighted by Gasteiger charge is 2.57. The van der Waals surface area contributed by atoms with E-state index in [0.717, 1.165) is 31.7 Å². The van der Waals surface area contributed by atoms with Crippen LogP contribution in [0.5, 0.6) is 0 Å². The largest absolute Gasteiger partial charge is 0.477 e. The van der Waals surface area contributed by atoms with Gasteiger partial charge in [0.1, 0.15) is 17.5 Å². The Morgan fingerprint density at radius 2 is 2.03 bits per heavy atom. The lowest BCUT2D eigenvalue weighted by Gasteiger charge is -2.23. The molecular formula is C21H20ClFN2O5. The van der Waals surface area contributed by atoms with Crippen molar-refractivity contribution in [2.24, 2.45) is 5.41 Å². The van der Waals surface area contributed by atoms with Crippen LogP contribution in [0.4, 0.5) is 10.1 Å². The number of benzene rings is 1. The summed E-state index contributed by atoms with van der Waals surface area (Å²) in [5.74, 6) is -2.41. The number of aromatic carboxylic acids is 1. The van der Waals surface area contributed by atoms with Gasteiger partial charge in [-0.05, 0) is 31.7 Å². The van der Waals surface area contributed by atoms with Crippen molar-refractivity contribution in [1.29, 1.82) is 0 Å². The first-order chi connectivity index (χ1) is 14.2. The van der Waals surface area contributed by atoms with Gasteiger partial charge in [-0.3, -0.25) is 9.59 Å². The van der Waals surface area contributed by atoms with Crippen LogP contribution < -0.4 is 10.3 Å². The van der Waals surface area contributed by atoms with Gasteiger partial charge >= 0.3 is 11.9 Å². The van der Waals surface area contributed by atoms with Gasteiger partial charge in [-0.1, -0.05) is 11.6 Å². The van der Waals surface area contributed by atoms with Gasteiger partial charge in [0.15, 0.2) is 0 Å². The summed E-state index contributed by atoms with van der Waals surface area (Å²) < 4.78 is 22.4. The van der Waals surface area contributed by atoms with Crippen molar-refractivity contribution >= 4 is 40.1 Å². The van der Waals surface area contributed by atoms with E-state index >= 15 is 4.39 Å². The number of ether oxygens (including phenoxy) is 1. The Hall–Kier alpha value is -2.61. The molecule has 1 aromatic heterocycles. The van der Waals surface area contributed by atoms with E-state index in [1.54, 1.807) is 9.47 Å². The molecule has 5 rings (SSSR count). The standard InChI is InChI=1S/C21H20ClFN2O5/c1-10(26)30-15-8-24(9-21(15)4-5-21)18-14(23)6-12-17(16(18)22)25(11-2-3-11)7-13(19(12)27)20(28)29/h6-7,11,15H,2-5,8-9H2,1H3,(H,28,29). The van der Waals surface area contributed by atoms with E-state index in [2.05, 4.69) is 0 Å². The quantitative estimate of drug-likeness (QED) is 0.742. The normalized spacial score (nSPS) is 22.0. The summed E-state index contributed by atoms with van der Waals surface area (Å²) in [6, 6.07) is 1.12. The molecule has 0 bridgehead atoms. The second kappa shape index (κ2) is 6.44. The Morgan fingerprint density at radius 3 is 2.60 bits per heavy atom. The number of fused-ring (bicyclic) bond motifs is 1. The van der Waals surface area contributed by atoms with Gasteiger partial charge in [-0.15, -0.1) is 0 Å². The second-order valence-corrected chi connectivity index (χ2v) is 8.95. The Labute approximate surface area is 176 Å². The van der Waals surface area contributed by atoms with Crippen LogP contribution in [-0.2, 0) is 9.53 Å². The fourth-order valence-electron chi connectivity index (χ4n) is 4.63. The van der Waals surface area contributed by atoms with E-state index in [4.69, 9.17) is 16.3 Å². The maximum absolute atomic E-state index is 15.2. The van der Waals surface area contributed by atoms with Crippen molar-refractivity contribution in [3.05, 3.63) is 38.9 Å². The maximum atomic E-state index is 15.2. The number of carbonyl (C=O) groups excluding carboxylic acids is 1. The zero-order valence-electron chi connectivity index (χ0n) is 16.3. The molecule has 1 N–H and O–H groups in total. The lowest BCUT2D eigenvalue weighted by molar-refractivity contribution is -0.147. The van der Waals surface area contributed by atoms with Gasteiger partial charge in [0.05, 0.1) is 28.2 Å². The fraction of sp³-hybridized carbons (Fsp3) is 0.476. The highest BCUT2D eigenvalue weighted by Crippen LogP contribution is 2.56. The van der Waals surface area contributed by atoms with Crippen molar-refractivity contribution in [2.75, 3.05) is 18.0 Å². The van der Waals surface area contributed by atoms with E-state index in [1.165, 1.54) is 13.1 Å². The molecular weight excluding hydrogens is 415 g/mol. The zero-order valence-corrected chi connectivity index (χ0v) is 17.0. The highest BCUT2D eigenvalue weighted by atomic mass is 35.5. The van der Waals surface area contributed by atoms with Gasteiger partial charge < -0.3 is 19.3 Å². The molecule has 0 radical (unpaired) electrons. The number of aromatic nitrogens is 1. The van der Waals surface area contributed by atoms with E-state index in [-0.39, 0.29) is 39.6 Å². The van der Waals surface area contributed by atoms with Crippen molar-refractivity contribution in [1.82, 2.24) is 4.57 Å². The number of anilines is 1. The number of pyridine rings is 1. The van der Waals surface area contributed by atoms with Crippen molar-refractivity contribution in [3.8, 4) is 0 Å². The molecule has 1 atom stereocenters. The van der Waals surface area contributed by atoms with Crippen LogP contribution in [0.15, 0.2) is 17.1 Å². The van der Waals surface area contributed by atoms with Crippen LogP contribution >= 0.6 is 11.6 Å². The van der Waals surface area contributed by atoms with Gasteiger partial charge in [0, 0.05) is 31.1 Å². The molecule has 30 heavy (non-hydrogen) atoms. The number of hydrogen-bond acceptors (Lipinski definition) is 5. The minimum Gasteiger partial charge on any atom is -0.477 e. The van der Waals surface area contributed by atoms with Gasteiger partial charge in [0.25, 0.3) is 0 Å². The van der Waals surface area contributed by atoms with Crippen LogP contribution in [0, 0.1) is 11.2 Å². The van der Waals surface area contributed by atoms with Crippen LogP contribution in [-0.4, -0.2) is 40.8 Å². The Morgan fingerprint density at radius 1 is 1.33 bits per heavy atom. The third-order valence-corrected chi connectivity index (χ3v) is 6.80. The first-order valence-electron chi connectivity index (χ1n) is 9.94. The van der Waals surface area contributed by atoms with Crippen LogP contribution in [0.3, 0.4) is 0 Å². The molecule has 3 aliphatic rings. The van der Waals surface area contributed by atoms with E-state index in [1.807, 2.05) is 0 Å². The van der Waals surface area contributed by atoms with Gasteiger partial charge in [-0.2, -0.15) is 0 Å². The number of hydrogen-bond donors (Lipinski definition) is 1. The van der Waals surface area contributed by atoms with Crippen LogP contribution in [0.25, 0.3) is 10.9 Å². The van der Waals surface area contributed by atoms with E-state index < -0.39 is 22.8 Å². The number of rotatable bonds is 4. The third kappa shape index (κ3) is 2.88. The molecule has 3 fully saturated rings. The molecule has 1 saturated heterocycles. The van der Waals surface area contributed by atoms with Crippen LogP contribution in [0.2, 0.25) is 5.02 Å². The summed E-state index contributed by atoms with van der Waals surface area (Å²) in [6.45, 7) is 2.19. The summed E-state index contributed by atoms with van der Waals surface area (Å²) in [5, 5.41) is 9.44. The lowest BCUT2D eigenvalue weighted by atomic mass is 10.0. The summed E-state index contributed by atoms with van der Waals surface area (Å²) in [4.78, 5) is 37.5. The maximum Gasteiger partial charge on any atom is 0.341 e. The summed E-state index contributed by atoms with van der Waals surface area (Å²) in [6.07, 6.45) is 4.43. The summed E-state index contributed by atoms with van der Waals surface area (Å²) in [7, 11) is 0. The number of carbonyl (C=O) groups is 2. The molecule has 7 nitrogen and oxygen atoms in total. The molecule has 2 saturated carbocycles. The SMILES string of the molecule is CC(=O)OC1CN(c2c(F)cc3c(=O)c(C(=O)O)cn(C4CC4)c3c2Cl)CC12CC2. The first kappa shape index (κ1) is 19.4.